The number of aromatic nitrogens is 6. The van der Waals surface area contributed by atoms with Gasteiger partial charge in [0.15, 0.2) is 0 Å². The third-order valence-electron chi connectivity index (χ3n) is 4.86. The zero-order chi connectivity index (χ0) is 19.7. The largest absolute Gasteiger partial charge is 0.339 e. The predicted octanol–water partition coefficient (Wildman–Crippen LogP) is 1.51. The van der Waals surface area contributed by atoms with Crippen LogP contribution in [0.15, 0.2) is 28.0 Å². The van der Waals surface area contributed by atoms with Gasteiger partial charge in [0, 0.05) is 31.9 Å². The van der Waals surface area contributed by atoms with Gasteiger partial charge in [-0.05, 0) is 32.6 Å². The molecule has 0 bridgehead atoms. The van der Waals surface area contributed by atoms with Crippen molar-refractivity contribution in [2.75, 3.05) is 13.1 Å². The van der Waals surface area contributed by atoms with Gasteiger partial charge in [0.05, 0.1) is 17.6 Å². The lowest BCUT2D eigenvalue weighted by Crippen LogP contribution is -2.40. The van der Waals surface area contributed by atoms with Gasteiger partial charge in [-0.3, -0.25) is 10.1 Å². The minimum absolute atomic E-state index is 0.103. The second kappa shape index (κ2) is 7.40. The lowest BCUT2D eigenvalue weighted by atomic mass is 9.96. The molecule has 3 aromatic rings. The first-order valence-electron chi connectivity index (χ1n) is 9.06. The number of H-pyrrole nitrogens is 1. The van der Waals surface area contributed by atoms with Crippen molar-refractivity contribution >= 4 is 10.0 Å². The van der Waals surface area contributed by atoms with E-state index in [0.717, 1.165) is 12.8 Å². The van der Waals surface area contributed by atoms with E-state index in [1.807, 2.05) is 0 Å². The lowest BCUT2D eigenvalue weighted by molar-refractivity contribution is 0.247. The van der Waals surface area contributed by atoms with Crippen LogP contribution in [0.4, 0.5) is 0 Å². The molecule has 0 saturated carbocycles. The van der Waals surface area contributed by atoms with Gasteiger partial charge in [0.2, 0.25) is 21.7 Å². The van der Waals surface area contributed by atoms with Gasteiger partial charge in [-0.25, -0.2) is 13.4 Å². The van der Waals surface area contributed by atoms with Crippen LogP contribution in [0.25, 0.3) is 11.5 Å². The SMILES string of the molecule is Cc1n[nH]c(C)c1S(=O)(=O)N1CCCC(Cc2nc(-c3cnccn3)no2)C1. The highest BCUT2D eigenvalue weighted by Crippen LogP contribution is 2.28. The summed E-state index contributed by atoms with van der Waals surface area (Å²) in [7, 11) is -3.59. The number of piperidine rings is 1. The molecule has 1 aliphatic rings. The Bertz CT molecular complexity index is 1040. The molecule has 1 saturated heterocycles. The van der Waals surface area contributed by atoms with Crippen LogP contribution in [0.5, 0.6) is 0 Å². The van der Waals surface area contributed by atoms with Crippen LogP contribution in [0.3, 0.4) is 0 Å². The summed E-state index contributed by atoms with van der Waals surface area (Å²) < 4.78 is 33.0. The fourth-order valence-electron chi connectivity index (χ4n) is 3.56. The van der Waals surface area contributed by atoms with Crippen molar-refractivity contribution in [1.29, 1.82) is 0 Å². The summed E-state index contributed by atoms with van der Waals surface area (Å²) in [5, 5.41) is 10.7. The van der Waals surface area contributed by atoms with E-state index in [9.17, 15) is 8.42 Å². The van der Waals surface area contributed by atoms with E-state index in [1.165, 1.54) is 4.31 Å². The Morgan fingerprint density at radius 1 is 1.32 bits per heavy atom. The van der Waals surface area contributed by atoms with Crippen molar-refractivity contribution in [1.82, 2.24) is 34.6 Å². The molecule has 1 atom stereocenters. The van der Waals surface area contributed by atoms with Gasteiger partial charge in [-0.1, -0.05) is 5.16 Å². The summed E-state index contributed by atoms with van der Waals surface area (Å²) in [6.45, 7) is 4.33. The van der Waals surface area contributed by atoms with Crippen LogP contribution >= 0.6 is 0 Å². The molecular formula is C17H21N7O3S. The average molecular weight is 403 g/mol. The van der Waals surface area contributed by atoms with Crippen molar-refractivity contribution in [3.63, 3.8) is 0 Å². The van der Waals surface area contributed by atoms with E-state index in [1.54, 1.807) is 32.4 Å². The molecule has 1 fully saturated rings. The number of nitrogens with zero attached hydrogens (tertiary/aromatic N) is 6. The van der Waals surface area contributed by atoms with Gasteiger partial charge >= 0.3 is 0 Å². The first-order valence-corrected chi connectivity index (χ1v) is 10.5. The molecule has 0 spiro atoms. The van der Waals surface area contributed by atoms with Gasteiger partial charge < -0.3 is 4.52 Å². The normalized spacial score (nSPS) is 18.4. The summed E-state index contributed by atoms with van der Waals surface area (Å²) in [6.07, 6.45) is 6.91. The minimum Gasteiger partial charge on any atom is -0.339 e. The fraction of sp³-hybridized carbons (Fsp3) is 0.471. The topological polar surface area (TPSA) is 131 Å². The molecule has 4 rings (SSSR count). The molecular weight excluding hydrogens is 382 g/mol. The zero-order valence-corrected chi connectivity index (χ0v) is 16.5. The molecule has 0 aliphatic carbocycles. The maximum atomic E-state index is 13.1. The van der Waals surface area contributed by atoms with Crippen LogP contribution in [0, 0.1) is 19.8 Å². The molecule has 0 radical (unpaired) electrons. The first kappa shape index (κ1) is 18.7. The maximum absolute atomic E-state index is 13.1. The number of rotatable bonds is 5. The van der Waals surface area contributed by atoms with E-state index < -0.39 is 10.0 Å². The van der Waals surface area contributed by atoms with Gasteiger partial charge in [0.1, 0.15) is 10.6 Å². The summed E-state index contributed by atoms with van der Waals surface area (Å²) in [5.74, 6) is 0.958. The molecule has 0 aromatic carbocycles. The quantitative estimate of drug-likeness (QED) is 0.678. The van der Waals surface area contributed by atoms with E-state index >= 15 is 0 Å². The Morgan fingerprint density at radius 3 is 2.89 bits per heavy atom. The van der Waals surface area contributed by atoms with Crippen LogP contribution < -0.4 is 0 Å². The maximum Gasteiger partial charge on any atom is 0.246 e. The third-order valence-corrected chi connectivity index (χ3v) is 6.99. The van der Waals surface area contributed by atoms with E-state index in [-0.39, 0.29) is 10.8 Å². The molecule has 4 heterocycles. The zero-order valence-electron chi connectivity index (χ0n) is 15.7. The Hall–Kier alpha value is -2.66. The Kier molecular flexibility index (Phi) is 4.94. The predicted molar refractivity (Wildman–Crippen MR) is 98.6 cm³/mol. The number of aryl methyl sites for hydroxylation is 2. The van der Waals surface area contributed by atoms with Crippen molar-refractivity contribution in [2.45, 2.75) is 38.0 Å². The van der Waals surface area contributed by atoms with E-state index in [4.69, 9.17) is 4.52 Å². The highest BCUT2D eigenvalue weighted by Gasteiger charge is 2.34. The summed E-state index contributed by atoms with van der Waals surface area (Å²) in [5.41, 5.74) is 1.59. The molecule has 28 heavy (non-hydrogen) atoms. The van der Waals surface area contributed by atoms with Gasteiger partial charge in [-0.15, -0.1) is 0 Å². The average Bonchev–Trinajstić information content (AvgIpc) is 3.29. The fourth-order valence-corrected chi connectivity index (χ4v) is 5.45. The number of aromatic amines is 1. The molecule has 148 valence electrons. The molecule has 1 unspecified atom stereocenters. The Balaban J connectivity index is 1.48. The first-order chi connectivity index (χ1) is 13.4. The van der Waals surface area contributed by atoms with Gasteiger partial charge in [0.25, 0.3) is 0 Å². The number of sulfonamides is 1. The molecule has 1 aliphatic heterocycles. The number of nitrogens with one attached hydrogen (secondary N) is 1. The second-order valence-electron chi connectivity index (χ2n) is 6.94. The molecule has 3 aromatic heterocycles. The van der Waals surface area contributed by atoms with Crippen LogP contribution in [0.2, 0.25) is 0 Å². The smallest absolute Gasteiger partial charge is 0.246 e. The molecule has 10 nitrogen and oxygen atoms in total. The molecule has 0 amide bonds. The van der Waals surface area contributed by atoms with E-state index in [0.29, 0.717) is 48.3 Å². The lowest BCUT2D eigenvalue weighted by Gasteiger charge is -2.31. The van der Waals surface area contributed by atoms with E-state index in [2.05, 4.69) is 30.3 Å². The molecule has 11 heteroatoms. The Labute approximate surface area is 162 Å². The highest BCUT2D eigenvalue weighted by atomic mass is 32.2. The highest BCUT2D eigenvalue weighted by molar-refractivity contribution is 7.89. The standard InChI is InChI=1S/C17H21N7O3S/c1-11-16(12(2)22-21-11)28(25,26)24-7-3-4-13(10-24)8-15-20-17(23-27-15)14-9-18-5-6-19-14/h5-6,9,13H,3-4,7-8,10H2,1-2H3,(H,21,22). The second-order valence-corrected chi connectivity index (χ2v) is 8.82. The molecule has 1 N–H and O–H groups in total. The van der Waals surface area contributed by atoms with Crippen LogP contribution in [-0.2, 0) is 16.4 Å². The Morgan fingerprint density at radius 2 is 2.18 bits per heavy atom. The van der Waals surface area contributed by atoms with Crippen LogP contribution in [-0.4, -0.2) is 56.1 Å². The monoisotopic (exact) mass is 403 g/mol. The van der Waals surface area contributed by atoms with Crippen molar-refractivity contribution in [3.05, 3.63) is 35.9 Å². The van der Waals surface area contributed by atoms with Crippen molar-refractivity contribution < 1.29 is 12.9 Å². The van der Waals surface area contributed by atoms with Gasteiger partial charge in [-0.2, -0.15) is 14.4 Å². The summed E-state index contributed by atoms with van der Waals surface area (Å²) >= 11 is 0. The summed E-state index contributed by atoms with van der Waals surface area (Å²) in [6, 6.07) is 0. The van der Waals surface area contributed by atoms with Crippen LogP contribution in [0.1, 0.15) is 30.1 Å². The number of hydrogen-bond acceptors (Lipinski definition) is 8. The third kappa shape index (κ3) is 3.54. The number of hydrogen-bond donors (Lipinski definition) is 1. The minimum atomic E-state index is -3.59. The van der Waals surface area contributed by atoms with Crippen molar-refractivity contribution in [2.24, 2.45) is 5.92 Å². The summed E-state index contributed by atoms with van der Waals surface area (Å²) in [4.78, 5) is 12.8. The van der Waals surface area contributed by atoms with Crippen molar-refractivity contribution in [3.8, 4) is 11.5 Å².